The molecule has 2 aromatic heterocycles. The number of azo groups is 1. The zero-order valence-corrected chi connectivity index (χ0v) is 14.6. The van der Waals surface area contributed by atoms with Crippen LogP contribution in [0.15, 0.2) is 46.8 Å². The molecule has 0 aliphatic heterocycles. The fraction of sp³-hybridized carbons (Fsp3) is 0.222. The van der Waals surface area contributed by atoms with E-state index in [9.17, 15) is 4.79 Å². The van der Waals surface area contributed by atoms with Crippen LogP contribution in [-0.2, 0) is 11.2 Å². The molecule has 0 bridgehead atoms. The van der Waals surface area contributed by atoms with Crippen molar-refractivity contribution < 1.29 is 19.4 Å². The Bertz CT molecular complexity index is 994. The molecule has 0 atom stereocenters. The molecule has 134 valence electrons. The van der Waals surface area contributed by atoms with Crippen LogP contribution in [0, 0.1) is 6.92 Å². The summed E-state index contributed by atoms with van der Waals surface area (Å²) in [5.41, 5.74) is 2.49. The number of fused-ring (bicyclic) bond motifs is 1. The van der Waals surface area contributed by atoms with Crippen molar-refractivity contribution in [3.05, 3.63) is 47.8 Å². The summed E-state index contributed by atoms with van der Waals surface area (Å²) in [5, 5.41) is 17.6. The number of hydrogen-bond donors (Lipinski definition) is 1. The molecule has 26 heavy (non-hydrogen) atoms. The molecule has 0 saturated carbocycles. The molecule has 0 fully saturated rings. The second-order valence-electron chi connectivity index (χ2n) is 5.58. The Balaban J connectivity index is 2.06. The number of ether oxygens (including phenoxy) is 2. The Labute approximate surface area is 149 Å². The van der Waals surface area contributed by atoms with Gasteiger partial charge in [0.2, 0.25) is 0 Å². The first kappa shape index (κ1) is 17.4. The molecule has 3 rings (SSSR count). The minimum Gasteiger partial charge on any atom is -0.493 e. The monoisotopic (exact) mass is 354 g/mol. The second kappa shape index (κ2) is 7.22. The van der Waals surface area contributed by atoms with Crippen LogP contribution < -0.4 is 9.47 Å². The molecule has 0 unspecified atom stereocenters. The van der Waals surface area contributed by atoms with Crippen LogP contribution in [0.1, 0.15) is 11.3 Å². The molecule has 0 aliphatic carbocycles. The number of hydrogen-bond acceptors (Lipinski definition) is 6. The quantitative estimate of drug-likeness (QED) is 0.681. The van der Waals surface area contributed by atoms with Crippen molar-refractivity contribution in [2.75, 3.05) is 14.2 Å². The third kappa shape index (κ3) is 3.34. The van der Waals surface area contributed by atoms with Crippen LogP contribution in [0.4, 0.5) is 11.5 Å². The van der Waals surface area contributed by atoms with E-state index in [2.05, 4.69) is 15.2 Å². The van der Waals surface area contributed by atoms with Gasteiger partial charge >= 0.3 is 5.97 Å². The molecule has 0 spiro atoms. The largest absolute Gasteiger partial charge is 0.493 e. The van der Waals surface area contributed by atoms with Crippen LogP contribution in [0.3, 0.4) is 0 Å². The lowest BCUT2D eigenvalue weighted by Gasteiger charge is -2.06. The van der Waals surface area contributed by atoms with Crippen molar-refractivity contribution in [1.82, 2.24) is 9.38 Å². The van der Waals surface area contributed by atoms with E-state index in [0.29, 0.717) is 34.3 Å². The van der Waals surface area contributed by atoms with Gasteiger partial charge < -0.3 is 14.6 Å². The van der Waals surface area contributed by atoms with Crippen LogP contribution in [0.25, 0.3) is 5.65 Å². The second-order valence-corrected chi connectivity index (χ2v) is 5.58. The van der Waals surface area contributed by atoms with Crippen molar-refractivity contribution in [1.29, 1.82) is 0 Å². The maximum atomic E-state index is 11.2. The fourth-order valence-electron chi connectivity index (χ4n) is 2.60. The van der Waals surface area contributed by atoms with E-state index in [1.807, 2.05) is 19.1 Å². The summed E-state index contributed by atoms with van der Waals surface area (Å²) in [6, 6.07) is 8.90. The number of carbonyl (C=O) groups is 1. The number of carboxylic acid groups (broad SMARTS) is 1. The highest BCUT2D eigenvalue weighted by Crippen LogP contribution is 2.32. The maximum absolute atomic E-state index is 11.2. The third-order valence-electron chi connectivity index (χ3n) is 3.84. The zero-order valence-electron chi connectivity index (χ0n) is 14.6. The molecule has 1 aromatic carbocycles. The highest BCUT2D eigenvalue weighted by molar-refractivity contribution is 5.72. The molecule has 2 heterocycles. The Morgan fingerprint density at radius 2 is 1.96 bits per heavy atom. The summed E-state index contributed by atoms with van der Waals surface area (Å²) in [4.78, 5) is 15.6. The fourth-order valence-corrected chi connectivity index (χ4v) is 2.60. The van der Waals surface area contributed by atoms with E-state index in [-0.39, 0.29) is 6.42 Å². The number of aliphatic carboxylic acids is 1. The van der Waals surface area contributed by atoms with Crippen LogP contribution in [0.5, 0.6) is 11.5 Å². The van der Waals surface area contributed by atoms with Gasteiger partial charge in [0.05, 0.1) is 32.0 Å². The summed E-state index contributed by atoms with van der Waals surface area (Å²) in [5.74, 6) is 0.529. The summed E-state index contributed by atoms with van der Waals surface area (Å²) in [6.45, 7) is 1.90. The predicted octanol–water partition coefficient (Wildman–Crippen LogP) is 3.70. The van der Waals surface area contributed by atoms with Crippen molar-refractivity contribution in [3.8, 4) is 11.5 Å². The molecule has 8 nitrogen and oxygen atoms in total. The average molecular weight is 354 g/mol. The highest BCUT2D eigenvalue weighted by atomic mass is 16.5. The van der Waals surface area contributed by atoms with Crippen LogP contribution in [-0.4, -0.2) is 34.7 Å². The van der Waals surface area contributed by atoms with Crippen LogP contribution in [0.2, 0.25) is 0 Å². The van der Waals surface area contributed by atoms with Crippen molar-refractivity contribution >= 4 is 23.1 Å². The van der Waals surface area contributed by atoms with Gasteiger partial charge in [-0.15, -0.1) is 10.2 Å². The Morgan fingerprint density at radius 3 is 2.65 bits per heavy atom. The smallest absolute Gasteiger partial charge is 0.309 e. The van der Waals surface area contributed by atoms with Gasteiger partial charge in [-0.1, -0.05) is 6.07 Å². The lowest BCUT2D eigenvalue weighted by atomic mass is 10.3. The Hall–Kier alpha value is -3.42. The van der Waals surface area contributed by atoms with Crippen LogP contribution >= 0.6 is 0 Å². The first-order valence-electron chi connectivity index (χ1n) is 7.85. The lowest BCUT2D eigenvalue weighted by Crippen LogP contribution is -2.00. The maximum Gasteiger partial charge on any atom is 0.309 e. The van der Waals surface area contributed by atoms with Gasteiger partial charge in [0, 0.05) is 12.3 Å². The molecular weight excluding hydrogens is 336 g/mol. The standard InChI is InChI=1S/C18H18N4O4/c1-11-5-4-8-22-17(11)19-13(10-16(23)24)18(22)21-20-12-6-7-14(25-2)15(9-12)26-3/h4-9H,10H2,1-3H3,(H,23,24). The number of pyridine rings is 1. The number of aromatic nitrogens is 2. The average Bonchev–Trinajstić information content (AvgIpc) is 2.97. The third-order valence-corrected chi connectivity index (χ3v) is 3.84. The Morgan fingerprint density at radius 1 is 1.19 bits per heavy atom. The number of carboxylic acids is 1. The van der Waals surface area contributed by atoms with E-state index in [1.54, 1.807) is 35.9 Å². The van der Waals surface area contributed by atoms with Gasteiger partial charge in [0.15, 0.2) is 17.3 Å². The molecule has 0 aliphatic rings. The van der Waals surface area contributed by atoms with Crippen molar-refractivity contribution in [2.45, 2.75) is 13.3 Å². The Kier molecular flexibility index (Phi) is 4.83. The summed E-state index contributed by atoms with van der Waals surface area (Å²) in [7, 11) is 3.09. The van der Waals surface area contributed by atoms with Crippen molar-refractivity contribution in [2.24, 2.45) is 10.2 Å². The summed E-state index contributed by atoms with van der Waals surface area (Å²) < 4.78 is 12.2. The highest BCUT2D eigenvalue weighted by Gasteiger charge is 2.16. The molecule has 0 saturated heterocycles. The lowest BCUT2D eigenvalue weighted by molar-refractivity contribution is -0.136. The number of imidazole rings is 1. The normalized spacial score (nSPS) is 11.2. The molecule has 1 N–H and O–H groups in total. The SMILES string of the molecule is COc1ccc(N=Nc2c(CC(=O)O)nc3c(C)cccn23)cc1OC. The minimum absolute atomic E-state index is 0.235. The molecular formula is C18H18N4O4. The number of rotatable bonds is 6. The number of nitrogens with zero attached hydrogens (tertiary/aromatic N) is 4. The van der Waals surface area contributed by atoms with Gasteiger partial charge in [-0.25, -0.2) is 4.98 Å². The molecule has 8 heteroatoms. The zero-order chi connectivity index (χ0) is 18.7. The van der Waals surface area contributed by atoms with Gasteiger partial charge in [0.1, 0.15) is 5.65 Å². The summed E-state index contributed by atoms with van der Waals surface area (Å²) in [6.07, 6.45) is 1.55. The molecule has 0 amide bonds. The van der Waals surface area contributed by atoms with Crippen molar-refractivity contribution in [3.63, 3.8) is 0 Å². The van der Waals surface area contributed by atoms with Gasteiger partial charge in [0.25, 0.3) is 0 Å². The summed E-state index contributed by atoms with van der Waals surface area (Å²) >= 11 is 0. The van der Waals surface area contributed by atoms with Gasteiger partial charge in [-0.2, -0.15) is 0 Å². The number of benzene rings is 1. The van der Waals surface area contributed by atoms with Gasteiger partial charge in [-0.3, -0.25) is 9.20 Å². The number of aryl methyl sites for hydroxylation is 1. The van der Waals surface area contributed by atoms with E-state index < -0.39 is 5.97 Å². The first-order chi connectivity index (χ1) is 12.5. The van der Waals surface area contributed by atoms with E-state index >= 15 is 0 Å². The van der Waals surface area contributed by atoms with Gasteiger partial charge in [-0.05, 0) is 30.7 Å². The minimum atomic E-state index is -0.978. The molecule has 0 radical (unpaired) electrons. The van der Waals surface area contributed by atoms with E-state index in [0.717, 1.165) is 5.56 Å². The molecule has 3 aromatic rings. The van der Waals surface area contributed by atoms with E-state index in [4.69, 9.17) is 14.6 Å². The first-order valence-corrected chi connectivity index (χ1v) is 7.85. The predicted molar refractivity (Wildman–Crippen MR) is 95.0 cm³/mol. The number of methoxy groups -OCH3 is 2. The van der Waals surface area contributed by atoms with E-state index in [1.165, 1.54) is 7.11 Å². The topological polar surface area (TPSA) is 97.8 Å².